The van der Waals surface area contributed by atoms with Crippen LogP contribution in [0.2, 0.25) is 0 Å². The molecule has 0 aliphatic carbocycles. The van der Waals surface area contributed by atoms with E-state index in [1.807, 2.05) is 10.8 Å². The van der Waals surface area contributed by atoms with Crippen molar-refractivity contribution < 1.29 is 4.79 Å². The predicted molar refractivity (Wildman–Crippen MR) is 78.9 cm³/mol. The minimum atomic E-state index is -0.476. The van der Waals surface area contributed by atoms with Crippen molar-refractivity contribution in [3.8, 4) is 0 Å². The highest BCUT2D eigenvalue weighted by Gasteiger charge is 2.09. The second-order valence-electron chi connectivity index (χ2n) is 4.30. The maximum Gasteiger partial charge on any atom is 0.283 e. The van der Waals surface area contributed by atoms with Crippen LogP contribution in [0.3, 0.4) is 0 Å². The lowest BCUT2D eigenvalue weighted by Gasteiger charge is -2.06. The summed E-state index contributed by atoms with van der Waals surface area (Å²) in [6, 6.07) is 6.78. The van der Waals surface area contributed by atoms with Gasteiger partial charge in [-0.2, -0.15) is 0 Å². The molecule has 3 rings (SSSR count). The fourth-order valence-electron chi connectivity index (χ4n) is 1.93. The standard InChI is InChI=1S/C13H11N5O2S/c14-17-12(19)10-3-1-2-8(16-10)6-18-7-15-9-4-5-21-11(9)13(18)20/h1-5,7H,6,14H2,(H,17,19). The third kappa shape index (κ3) is 2.54. The number of carbonyl (C=O) groups excluding carboxylic acids is 1. The first-order valence-corrected chi connectivity index (χ1v) is 6.96. The molecular formula is C13H11N5O2S. The summed E-state index contributed by atoms with van der Waals surface area (Å²) < 4.78 is 2.07. The van der Waals surface area contributed by atoms with Crippen LogP contribution in [0.5, 0.6) is 0 Å². The maximum atomic E-state index is 12.3. The summed E-state index contributed by atoms with van der Waals surface area (Å²) in [4.78, 5) is 32.1. The summed E-state index contributed by atoms with van der Waals surface area (Å²) in [5.41, 5.74) is 3.37. The van der Waals surface area contributed by atoms with Crippen LogP contribution in [0.1, 0.15) is 16.2 Å². The first-order chi connectivity index (χ1) is 10.2. The molecular weight excluding hydrogens is 290 g/mol. The molecule has 0 fully saturated rings. The molecule has 3 aromatic rings. The summed E-state index contributed by atoms with van der Waals surface area (Å²) in [6.07, 6.45) is 1.48. The van der Waals surface area contributed by atoms with E-state index in [9.17, 15) is 9.59 Å². The topological polar surface area (TPSA) is 103 Å². The monoisotopic (exact) mass is 301 g/mol. The molecule has 0 radical (unpaired) electrons. The van der Waals surface area contributed by atoms with Crippen LogP contribution in [0.15, 0.2) is 40.8 Å². The van der Waals surface area contributed by atoms with Crippen LogP contribution in [-0.4, -0.2) is 20.4 Å². The van der Waals surface area contributed by atoms with Crippen molar-refractivity contribution in [3.63, 3.8) is 0 Å². The number of rotatable bonds is 3. The highest BCUT2D eigenvalue weighted by atomic mass is 32.1. The number of aromatic nitrogens is 3. The molecule has 0 saturated heterocycles. The Morgan fingerprint density at radius 3 is 3.05 bits per heavy atom. The molecule has 106 valence electrons. The maximum absolute atomic E-state index is 12.3. The van der Waals surface area contributed by atoms with E-state index in [-0.39, 0.29) is 17.8 Å². The third-order valence-electron chi connectivity index (χ3n) is 2.94. The zero-order valence-corrected chi connectivity index (χ0v) is 11.6. The number of nitrogens with two attached hydrogens (primary N) is 1. The average molecular weight is 301 g/mol. The second-order valence-corrected chi connectivity index (χ2v) is 5.22. The Morgan fingerprint density at radius 2 is 2.24 bits per heavy atom. The Labute approximate surface area is 123 Å². The Kier molecular flexibility index (Phi) is 3.46. The zero-order valence-electron chi connectivity index (χ0n) is 10.8. The predicted octanol–water partition coefficient (Wildman–Crippen LogP) is 0.505. The quantitative estimate of drug-likeness (QED) is 0.417. The zero-order chi connectivity index (χ0) is 14.8. The van der Waals surface area contributed by atoms with E-state index in [0.29, 0.717) is 15.9 Å². The van der Waals surface area contributed by atoms with Crippen LogP contribution in [0.4, 0.5) is 0 Å². The Bertz CT molecular complexity index is 870. The van der Waals surface area contributed by atoms with Crippen molar-refractivity contribution in [1.29, 1.82) is 0 Å². The lowest BCUT2D eigenvalue weighted by molar-refractivity contribution is 0.0948. The minimum absolute atomic E-state index is 0.120. The van der Waals surface area contributed by atoms with E-state index in [2.05, 4.69) is 9.97 Å². The molecule has 21 heavy (non-hydrogen) atoms. The number of hydrazine groups is 1. The fourth-order valence-corrected chi connectivity index (χ4v) is 2.73. The highest BCUT2D eigenvalue weighted by molar-refractivity contribution is 7.17. The number of carbonyl (C=O) groups is 1. The van der Waals surface area contributed by atoms with E-state index in [1.54, 1.807) is 24.3 Å². The van der Waals surface area contributed by atoms with Gasteiger partial charge in [0.25, 0.3) is 11.5 Å². The van der Waals surface area contributed by atoms with Crippen molar-refractivity contribution in [2.24, 2.45) is 5.84 Å². The Morgan fingerprint density at radius 1 is 1.38 bits per heavy atom. The lowest BCUT2D eigenvalue weighted by Crippen LogP contribution is -2.31. The van der Waals surface area contributed by atoms with E-state index < -0.39 is 5.91 Å². The average Bonchev–Trinajstić information content (AvgIpc) is 2.99. The van der Waals surface area contributed by atoms with Gasteiger partial charge in [-0.05, 0) is 23.6 Å². The van der Waals surface area contributed by atoms with Gasteiger partial charge < -0.3 is 0 Å². The van der Waals surface area contributed by atoms with Gasteiger partial charge >= 0.3 is 0 Å². The molecule has 8 heteroatoms. The van der Waals surface area contributed by atoms with Gasteiger partial charge in [0.2, 0.25) is 0 Å². The van der Waals surface area contributed by atoms with E-state index in [1.165, 1.54) is 22.2 Å². The largest absolute Gasteiger partial charge is 0.292 e. The van der Waals surface area contributed by atoms with Crippen molar-refractivity contribution in [2.45, 2.75) is 6.54 Å². The molecule has 0 spiro atoms. The number of nitrogen functional groups attached to an aromatic ring is 1. The fraction of sp³-hybridized carbons (Fsp3) is 0.0769. The molecule has 0 aliphatic rings. The summed E-state index contributed by atoms with van der Waals surface area (Å²) in [5.74, 6) is 4.60. The van der Waals surface area contributed by atoms with E-state index >= 15 is 0 Å². The van der Waals surface area contributed by atoms with Crippen molar-refractivity contribution in [3.05, 3.63) is 57.7 Å². The molecule has 1 amide bonds. The summed E-state index contributed by atoms with van der Waals surface area (Å²) in [5, 5.41) is 1.83. The molecule has 0 atom stereocenters. The first-order valence-electron chi connectivity index (χ1n) is 6.08. The van der Waals surface area contributed by atoms with Gasteiger partial charge in [0.1, 0.15) is 10.4 Å². The number of amides is 1. The van der Waals surface area contributed by atoms with Gasteiger partial charge in [0.05, 0.1) is 24.1 Å². The smallest absolute Gasteiger partial charge is 0.283 e. The molecule has 0 bridgehead atoms. The summed E-state index contributed by atoms with van der Waals surface area (Å²) in [7, 11) is 0. The SMILES string of the molecule is NNC(=O)c1cccc(Cn2cnc3ccsc3c2=O)n1. The van der Waals surface area contributed by atoms with Crippen molar-refractivity contribution in [1.82, 2.24) is 20.0 Å². The van der Waals surface area contributed by atoms with Gasteiger partial charge in [-0.3, -0.25) is 19.6 Å². The number of nitrogens with zero attached hydrogens (tertiary/aromatic N) is 3. The van der Waals surface area contributed by atoms with Crippen LogP contribution < -0.4 is 16.8 Å². The number of fused-ring (bicyclic) bond motifs is 1. The molecule has 0 unspecified atom stereocenters. The number of hydrogen-bond acceptors (Lipinski definition) is 6. The summed E-state index contributed by atoms with van der Waals surface area (Å²) >= 11 is 1.35. The van der Waals surface area contributed by atoms with Crippen LogP contribution in [-0.2, 0) is 6.54 Å². The van der Waals surface area contributed by atoms with Crippen LogP contribution >= 0.6 is 11.3 Å². The summed E-state index contributed by atoms with van der Waals surface area (Å²) in [6.45, 7) is 0.241. The van der Waals surface area contributed by atoms with Gasteiger partial charge in [0, 0.05) is 0 Å². The minimum Gasteiger partial charge on any atom is -0.292 e. The van der Waals surface area contributed by atoms with Gasteiger partial charge in [-0.25, -0.2) is 15.8 Å². The molecule has 0 aliphatic heterocycles. The van der Waals surface area contributed by atoms with E-state index in [4.69, 9.17) is 5.84 Å². The molecule has 7 nitrogen and oxygen atoms in total. The molecule has 3 N–H and O–H groups in total. The third-order valence-corrected chi connectivity index (χ3v) is 3.83. The second kappa shape index (κ2) is 5.43. The first kappa shape index (κ1) is 13.4. The molecule has 3 aromatic heterocycles. The van der Waals surface area contributed by atoms with Gasteiger partial charge in [-0.1, -0.05) is 6.07 Å². The van der Waals surface area contributed by atoms with Crippen molar-refractivity contribution in [2.75, 3.05) is 0 Å². The molecule has 0 saturated carbocycles. The molecule has 3 heterocycles. The number of thiophene rings is 1. The van der Waals surface area contributed by atoms with Crippen molar-refractivity contribution >= 4 is 27.5 Å². The number of pyridine rings is 1. The van der Waals surface area contributed by atoms with Gasteiger partial charge in [0.15, 0.2) is 0 Å². The molecule has 0 aromatic carbocycles. The number of nitrogens with one attached hydrogen (secondary N) is 1. The van der Waals surface area contributed by atoms with Crippen LogP contribution in [0, 0.1) is 0 Å². The van der Waals surface area contributed by atoms with Crippen LogP contribution in [0.25, 0.3) is 10.2 Å². The number of hydrogen-bond donors (Lipinski definition) is 2. The van der Waals surface area contributed by atoms with Gasteiger partial charge in [-0.15, -0.1) is 11.3 Å². The normalized spacial score (nSPS) is 10.7. The lowest BCUT2D eigenvalue weighted by atomic mass is 10.3. The Hall–Kier alpha value is -2.58. The Balaban J connectivity index is 1.97. The van der Waals surface area contributed by atoms with E-state index in [0.717, 1.165) is 0 Å². The highest BCUT2D eigenvalue weighted by Crippen LogP contribution is 2.13.